The van der Waals surface area contributed by atoms with Gasteiger partial charge in [-0.15, -0.1) is 0 Å². The molecular weight excluding hydrogens is 352 g/mol. The molecule has 0 saturated heterocycles. The summed E-state index contributed by atoms with van der Waals surface area (Å²) in [5.74, 6) is 0.0901. The van der Waals surface area contributed by atoms with Gasteiger partial charge in [0.1, 0.15) is 10.7 Å². The lowest BCUT2D eigenvalue weighted by Gasteiger charge is -2.10. The van der Waals surface area contributed by atoms with Gasteiger partial charge in [-0.05, 0) is 24.6 Å². The summed E-state index contributed by atoms with van der Waals surface area (Å²) in [6.45, 7) is 3.29. The summed E-state index contributed by atoms with van der Waals surface area (Å²) in [6, 6.07) is 7.79. The first-order valence-corrected chi connectivity index (χ1v) is 8.12. The van der Waals surface area contributed by atoms with Gasteiger partial charge in [0, 0.05) is 24.6 Å². The Balaban J connectivity index is 2.03. The van der Waals surface area contributed by atoms with Gasteiger partial charge in [-0.25, -0.2) is 4.98 Å². The van der Waals surface area contributed by atoms with E-state index in [1.165, 1.54) is 11.3 Å². The number of aromatic nitrogens is 1. The number of nitrogens with two attached hydrogens (primary N) is 1. The van der Waals surface area contributed by atoms with Crippen LogP contribution in [0.2, 0.25) is 0 Å². The van der Waals surface area contributed by atoms with E-state index in [-0.39, 0.29) is 11.7 Å². The number of benzene rings is 1. The quantitative estimate of drug-likeness (QED) is 0.850. The number of anilines is 2. The highest BCUT2D eigenvalue weighted by Gasteiger charge is 2.17. The summed E-state index contributed by atoms with van der Waals surface area (Å²) >= 11 is 4.69. The summed E-state index contributed by atoms with van der Waals surface area (Å²) in [5, 5.41) is 3.62. The zero-order valence-electron chi connectivity index (χ0n) is 11.9. The number of carbonyl (C=O) groups is 1. The van der Waals surface area contributed by atoms with Gasteiger partial charge in [0.2, 0.25) is 0 Å². The van der Waals surface area contributed by atoms with Gasteiger partial charge in [0.25, 0.3) is 5.91 Å². The van der Waals surface area contributed by atoms with Gasteiger partial charge < -0.3 is 16.0 Å². The van der Waals surface area contributed by atoms with Crippen molar-refractivity contribution in [2.75, 3.05) is 24.2 Å². The molecule has 0 spiro atoms. The molecule has 1 amide bonds. The number of nitrogens with zero attached hydrogens (tertiary/aromatic N) is 2. The second kappa shape index (κ2) is 6.91. The topological polar surface area (TPSA) is 71.2 Å². The summed E-state index contributed by atoms with van der Waals surface area (Å²) in [6.07, 6.45) is 0. The molecule has 0 saturated carbocycles. The summed E-state index contributed by atoms with van der Waals surface area (Å²) in [4.78, 5) is 18.8. The van der Waals surface area contributed by atoms with Crippen LogP contribution < -0.4 is 16.0 Å². The molecule has 0 aliphatic heterocycles. The minimum Gasteiger partial charge on any atom is -0.382 e. The largest absolute Gasteiger partial charge is 0.382 e. The fourth-order valence-electron chi connectivity index (χ4n) is 1.65. The molecule has 0 aliphatic carbocycles. The first-order chi connectivity index (χ1) is 10.0. The molecule has 21 heavy (non-hydrogen) atoms. The minimum atomic E-state index is -0.191. The number of amides is 1. The highest BCUT2D eigenvalue weighted by Crippen LogP contribution is 2.27. The van der Waals surface area contributed by atoms with E-state index >= 15 is 0 Å². The molecule has 0 unspecified atom stereocenters. The van der Waals surface area contributed by atoms with Crippen molar-refractivity contribution >= 4 is 44.1 Å². The lowest BCUT2D eigenvalue weighted by molar-refractivity contribution is 0.0955. The molecule has 112 valence electrons. The van der Waals surface area contributed by atoms with E-state index in [9.17, 15) is 4.79 Å². The Kier molecular flexibility index (Phi) is 5.19. The molecule has 0 radical (unpaired) electrons. The van der Waals surface area contributed by atoms with Crippen LogP contribution in [0.25, 0.3) is 0 Å². The number of nitrogen functional groups attached to an aromatic ring is 1. The highest BCUT2D eigenvalue weighted by molar-refractivity contribution is 9.10. The van der Waals surface area contributed by atoms with E-state index in [1.807, 2.05) is 43.1 Å². The first-order valence-electron chi connectivity index (χ1n) is 6.51. The van der Waals surface area contributed by atoms with Gasteiger partial charge >= 0.3 is 0 Å². The summed E-state index contributed by atoms with van der Waals surface area (Å²) < 4.78 is 1.01. The van der Waals surface area contributed by atoms with Gasteiger partial charge in [-0.2, -0.15) is 0 Å². The minimum absolute atomic E-state index is 0.191. The van der Waals surface area contributed by atoms with Crippen molar-refractivity contribution in [3.8, 4) is 0 Å². The molecule has 5 nitrogen and oxygen atoms in total. The average molecular weight is 369 g/mol. The van der Waals surface area contributed by atoms with Gasteiger partial charge in [0.15, 0.2) is 5.13 Å². The van der Waals surface area contributed by atoms with Crippen molar-refractivity contribution in [1.29, 1.82) is 0 Å². The third-order valence-corrected chi connectivity index (χ3v) is 4.73. The van der Waals surface area contributed by atoms with Crippen LogP contribution >= 0.6 is 27.3 Å². The van der Waals surface area contributed by atoms with E-state index in [4.69, 9.17) is 5.73 Å². The van der Waals surface area contributed by atoms with E-state index in [0.717, 1.165) is 21.7 Å². The number of hydrogen-bond acceptors (Lipinski definition) is 5. The third-order valence-electron chi connectivity index (χ3n) is 3.02. The SMILES string of the molecule is CCN(C)c1nc(N)c(C(=O)NCc2ccc(Br)cc2)s1. The Morgan fingerprint density at radius 3 is 2.71 bits per heavy atom. The highest BCUT2D eigenvalue weighted by atomic mass is 79.9. The van der Waals surface area contributed by atoms with Gasteiger partial charge in [-0.3, -0.25) is 4.79 Å². The number of carbonyl (C=O) groups excluding carboxylic acids is 1. The lowest BCUT2D eigenvalue weighted by Crippen LogP contribution is -2.22. The van der Waals surface area contributed by atoms with Crippen LogP contribution in [-0.2, 0) is 6.54 Å². The van der Waals surface area contributed by atoms with Crippen molar-refractivity contribution in [2.24, 2.45) is 0 Å². The van der Waals surface area contributed by atoms with E-state index in [2.05, 4.69) is 26.2 Å². The molecule has 7 heteroatoms. The van der Waals surface area contributed by atoms with Crippen molar-refractivity contribution < 1.29 is 4.79 Å². The molecule has 0 bridgehead atoms. The van der Waals surface area contributed by atoms with Crippen LogP contribution in [0.5, 0.6) is 0 Å². The Labute approximate surface area is 136 Å². The molecule has 1 heterocycles. The molecule has 0 aliphatic rings. The standard InChI is InChI=1S/C14H17BrN4OS/c1-3-19(2)14-18-12(16)11(21-14)13(20)17-8-9-4-6-10(15)7-5-9/h4-7H,3,8,16H2,1-2H3,(H,17,20). The molecule has 0 atom stereocenters. The third kappa shape index (κ3) is 3.95. The Bertz CT molecular complexity index is 626. The van der Waals surface area contributed by atoms with Crippen LogP contribution in [0, 0.1) is 0 Å². The number of rotatable bonds is 5. The average Bonchev–Trinajstić information content (AvgIpc) is 2.87. The van der Waals surface area contributed by atoms with E-state index in [1.54, 1.807) is 0 Å². The molecule has 3 N–H and O–H groups in total. The van der Waals surface area contributed by atoms with Crippen molar-refractivity contribution in [1.82, 2.24) is 10.3 Å². The molecule has 2 rings (SSSR count). The van der Waals surface area contributed by atoms with E-state index in [0.29, 0.717) is 11.4 Å². The van der Waals surface area contributed by atoms with Gasteiger partial charge in [-0.1, -0.05) is 39.4 Å². The zero-order valence-corrected chi connectivity index (χ0v) is 14.3. The van der Waals surface area contributed by atoms with Crippen molar-refractivity contribution in [2.45, 2.75) is 13.5 Å². The van der Waals surface area contributed by atoms with Crippen LogP contribution in [0.1, 0.15) is 22.2 Å². The molecule has 2 aromatic rings. The normalized spacial score (nSPS) is 10.4. The number of thiazole rings is 1. The number of halogens is 1. The van der Waals surface area contributed by atoms with Crippen molar-refractivity contribution in [3.05, 3.63) is 39.2 Å². The van der Waals surface area contributed by atoms with Crippen LogP contribution in [0.4, 0.5) is 10.9 Å². The lowest BCUT2D eigenvalue weighted by atomic mass is 10.2. The first kappa shape index (κ1) is 15.8. The molecule has 1 aromatic carbocycles. The number of nitrogens with one attached hydrogen (secondary N) is 1. The fraction of sp³-hybridized carbons (Fsp3) is 0.286. The second-order valence-electron chi connectivity index (χ2n) is 4.53. The fourth-order valence-corrected chi connectivity index (χ4v) is 2.84. The molecule has 1 aromatic heterocycles. The summed E-state index contributed by atoms with van der Waals surface area (Å²) in [7, 11) is 1.92. The Hall–Kier alpha value is -1.60. The van der Waals surface area contributed by atoms with Gasteiger partial charge in [0.05, 0.1) is 0 Å². The predicted molar refractivity (Wildman–Crippen MR) is 90.8 cm³/mol. The maximum Gasteiger partial charge on any atom is 0.265 e. The number of hydrogen-bond donors (Lipinski definition) is 2. The maximum absolute atomic E-state index is 12.2. The van der Waals surface area contributed by atoms with Crippen LogP contribution in [0.15, 0.2) is 28.7 Å². The second-order valence-corrected chi connectivity index (χ2v) is 6.43. The van der Waals surface area contributed by atoms with Crippen molar-refractivity contribution in [3.63, 3.8) is 0 Å². The van der Waals surface area contributed by atoms with Crippen LogP contribution in [0.3, 0.4) is 0 Å². The maximum atomic E-state index is 12.2. The molecular formula is C14H17BrN4OS. The monoisotopic (exact) mass is 368 g/mol. The Morgan fingerprint density at radius 2 is 2.10 bits per heavy atom. The van der Waals surface area contributed by atoms with E-state index < -0.39 is 0 Å². The van der Waals surface area contributed by atoms with Crippen LogP contribution in [-0.4, -0.2) is 24.5 Å². The Morgan fingerprint density at radius 1 is 1.43 bits per heavy atom. The molecule has 0 fully saturated rings. The predicted octanol–water partition coefficient (Wildman–Crippen LogP) is 2.87. The summed E-state index contributed by atoms with van der Waals surface area (Å²) in [5.41, 5.74) is 6.86. The smallest absolute Gasteiger partial charge is 0.265 e. The zero-order chi connectivity index (χ0) is 15.4.